The zero-order valence-electron chi connectivity index (χ0n) is 10.6. The zero-order chi connectivity index (χ0) is 15.0. The summed E-state index contributed by atoms with van der Waals surface area (Å²) in [7, 11) is 0. The van der Waals surface area contributed by atoms with E-state index in [-0.39, 0.29) is 0 Å². The Hall–Kier alpha value is -0.960. The minimum Gasteiger partial charge on any atom is -0.391 e. The van der Waals surface area contributed by atoms with Gasteiger partial charge in [0.1, 0.15) is 5.54 Å². The molecule has 2 fully saturated rings. The second-order valence-electron chi connectivity index (χ2n) is 5.01. The Morgan fingerprint density at radius 2 is 1.95 bits per heavy atom. The van der Waals surface area contributed by atoms with E-state index in [2.05, 4.69) is 5.32 Å². The summed E-state index contributed by atoms with van der Waals surface area (Å²) in [5, 5.41) is 11.9. The van der Waals surface area contributed by atoms with Gasteiger partial charge in [0.25, 0.3) is 5.91 Å². The molecule has 2 aliphatic heterocycles. The number of aliphatic hydroxyl groups is 1. The van der Waals surface area contributed by atoms with Gasteiger partial charge in [-0.15, -0.1) is 0 Å². The van der Waals surface area contributed by atoms with E-state index in [1.807, 2.05) is 0 Å². The van der Waals surface area contributed by atoms with E-state index >= 15 is 0 Å². The van der Waals surface area contributed by atoms with E-state index in [0.717, 1.165) is 0 Å². The minimum absolute atomic E-state index is 0.466. The number of nitrogens with one attached hydrogen (secondary N) is 1. The van der Waals surface area contributed by atoms with Crippen LogP contribution in [-0.2, 0) is 4.79 Å². The number of hydrogen-bond donors (Lipinski definition) is 2. The predicted octanol–water partition coefficient (Wildman–Crippen LogP) is 1.12. The summed E-state index contributed by atoms with van der Waals surface area (Å²) in [6.45, 7) is -0.626. The molecule has 2 rings (SSSR count). The maximum atomic E-state index is 12.2. The summed E-state index contributed by atoms with van der Waals surface area (Å²) in [6.07, 6.45) is -6.83. The van der Waals surface area contributed by atoms with Crippen molar-refractivity contribution in [2.75, 3.05) is 18.1 Å². The van der Waals surface area contributed by atoms with Crippen molar-refractivity contribution in [1.82, 2.24) is 10.2 Å². The first-order valence-electron chi connectivity index (χ1n) is 6.20. The molecule has 2 saturated heterocycles. The Morgan fingerprint density at radius 3 is 2.50 bits per heavy atom. The number of carbonyl (C=O) groups is 2. The third-order valence-electron chi connectivity index (χ3n) is 3.45. The number of hydrogen-bond acceptors (Lipinski definition) is 4. The van der Waals surface area contributed by atoms with Crippen molar-refractivity contribution in [3.63, 3.8) is 0 Å². The topological polar surface area (TPSA) is 69.6 Å². The Labute approximate surface area is 117 Å². The Morgan fingerprint density at radius 1 is 1.35 bits per heavy atom. The summed E-state index contributed by atoms with van der Waals surface area (Å²) < 4.78 is 36.5. The lowest BCUT2D eigenvalue weighted by Crippen LogP contribution is -2.50. The average Bonchev–Trinajstić information content (AvgIpc) is 2.53. The summed E-state index contributed by atoms with van der Waals surface area (Å²) >= 11 is 1.66. The van der Waals surface area contributed by atoms with Crippen LogP contribution < -0.4 is 5.32 Å². The number of alkyl halides is 3. The van der Waals surface area contributed by atoms with E-state index in [1.165, 1.54) is 0 Å². The van der Waals surface area contributed by atoms with E-state index < -0.39 is 42.7 Å². The standard InChI is InChI=1S/C11H15F3N2O3S/c12-11(13,14)5-7(17)6-16-8(18)10(15-9(16)19)1-3-20-4-2-10/h7,17H,1-6H2,(H,15,19)/t7-/m0/s1. The molecule has 9 heteroatoms. The molecule has 0 bridgehead atoms. The number of urea groups is 1. The molecule has 2 heterocycles. The number of amides is 3. The maximum absolute atomic E-state index is 12.2. The second kappa shape index (κ2) is 5.44. The summed E-state index contributed by atoms with van der Waals surface area (Å²) in [6, 6.07) is -0.719. The molecule has 1 atom stereocenters. The van der Waals surface area contributed by atoms with Crippen molar-refractivity contribution in [1.29, 1.82) is 0 Å². The van der Waals surface area contributed by atoms with Gasteiger partial charge in [0.05, 0.1) is 19.1 Å². The van der Waals surface area contributed by atoms with Gasteiger partial charge < -0.3 is 10.4 Å². The first kappa shape index (κ1) is 15.4. The van der Waals surface area contributed by atoms with Crippen molar-refractivity contribution in [3.05, 3.63) is 0 Å². The first-order chi connectivity index (χ1) is 9.23. The van der Waals surface area contributed by atoms with Gasteiger partial charge in [0, 0.05) is 0 Å². The second-order valence-corrected chi connectivity index (χ2v) is 6.24. The van der Waals surface area contributed by atoms with E-state index in [9.17, 15) is 27.9 Å². The van der Waals surface area contributed by atoms with Crippen molar-refractivity contribution >= 4 is 23.7 Å². The fraction of sp³-hybridized carbons (Fsp3) is 0.818. The number of β-amino-alcohol motifs (C(OH)–C–C–N with tert-alkyl or cyclic N) is 1. The van der Waals surface area contributed by atoms with Crippen LogP contribution in [0.15, 0.2) is 0 Å². The lowest BCUT2D eigenvalue weighted by atomic mass is 9.92. The molecule has 0 unspecified atom stereocenters. The van der Waals surface area contributed by atoms with Crippen molar-refractivity contribution in [2.24, 2.45) is 0 Å². The highest BCUT2D eigenvalue weighted by Crippen LogP contribution is 2.33. The largest absolute Gasteiger partial charge is 0.391 e. The number of halogens is 3. The number of carbonyl (C=O) groups excluding carboxylic acids is 2. The lowest BCUT2D eigenvalue weighted by molar-refractivity contribution is -0.156. The number of aliphatic hydroxyl groups excluding tert-OH is 1. The first-order valence-corrected chi connectivity index (χ1v) is 7.36. The van der Waals surface area contributed by atoms with Gasteiger partial charge in [-0.1, -0.05) is 0 Å². The minimum atomic E-state index is -4.53. The van der Waals surface area contributed by atoms with Crippen LogP contribution in [0.4, 0.5) is 18.0 Å². The Balaban J connectivity index is 2.02. The number of thioether (sulfide) groups is 1. The molecule has 0 saturated carbocycles. The molecule has 5 nitrogen and oxygen atoms in total. The summed E-state index contributed by atoms with van der Waals surface area (Å²) in [5.74, 6) is 0.902. The highest BCUT2D eigenvalue weighted by molar-refractivity contribution is 7.99. The smallest absolute Gasteiger partial charge is 0.391 e. The molecule has 3 amide bonds. The molecule has 1 spiro atoms. The van der Waals surface area contributed by atoms with Gasteiger partial charge in [-0.2, -0.15) is 24.9 Å². The third-order valence-corrected chi connectivity index (χ3v) is 4.44. The van der Waals surface area contributed by atoms with Crippen molar-refractivity contribution in [2.45, 2.75) is 37.1 Å². The fourth-order valence-corrected chi connectivity index (χ4v) is 3.63. The number of imide groups is 1. The van der Waals surface area contributed by atoms with E-state index in [4.69, 9.17) is 0 Å². The molecule has 20 heavy (non-hydrogen) atoms. The van der Waals surface area contributed by atoms with Gasteiger partial charge in [0.15, 0.2) is 0 Å². The van der Waals surface area contributed by atoms with E-state index in [1.54, 1.807) is 11.8 Å². The van der Waals surface area contributed by atoms with E-state index in [0.29, 0.717) is 29.2 Å². The third kappa shape index (κ3) is 3.20. The molecule has 0 aromatic carbocycles. The van der Waals surface area contributed by atoms with Gasteiger partial charge in [-0.3, -0.25) is 9.69 Å². The van der Waals surface area contributed by atoms with Crippen LogP contribution in [0.2, 0.25) is 0 Å². The summed E-state index contributed by atoms with van der Waals surface area (Å²) in [4.78, 5) is 24.7. The number of rotatable bonds is 3. The molecule has 114 valence electrons. The van der Waals surface area contributed by atoms with Crippen LogP contribution in [0.3, 0.4) is 0 Å². The number of nitrogens with zero attached hydrogens (tertiary/aromatic N) is 1. The molecule has 0 radical (unpaired) electrons. The maximum Gasteiger partial charge on any atom is 0.391 e. The zero-order valence-corrected chi connectivity index (χ0v) is 11.4. The van der Waals surface area contributed by atoms with Crippen LogP contribution in [0.1, 0.15) is 19.3 Å². The molecular formula is C11H15F3N2O3S. The predicted molar refractivity (Wildman–Crippen MR) is 66.2 cm³/mol. The lowest BCUT2D eigenvalue weighted by Gasteiger charge is -2.30. The fourth-order valence-electron chi connectivity index (χ4n) is 2.44. The highest BCUT2D eigenvalue weighted by atomic mass is 32.2. The van der Waals surface area contributed by atoms with Crippen LogP contribution in [0.5, 0.6) is 0 Å². The van der Waals surface area contributed by atoms with Crippen LogP contribution >= 0.6 is 11.8 Å². The Bertz CT molecular complexity index is 410. The molecule has 0 aliphatic carbocycles. The molecule has 2 aliphatic rings. The van der Waals surface area contributed by atoms with Gasteiger partial charge in [-0.25, -0.2) is 4.79 Å². The molecule has 0 aromatic rings. The quantitative estimate of drug-likeness (QED) is 0.766. The molecule has 0 aromatic heterocycles. The SMILES string of the molecule is O=C1NC2(CCSCC2)C(=O)N1C[C@@H](O)CC(F)(F)F. The van der Waals surface area contributed by atoms with Crippen molar-refractivity contribution in [3.8, 4) is 0 Å². The van der Waals surface area contributed by atoms with Crippen LogP contribution in [0.25, 0.3) is 0 Å². The van der Waals surface area contributed by atoms with Gasteiger partial charge in [0.2, 0.25) is 0 Å². The van der Waals surface area contributed by atoms with Crippen LogP contribution in [0, 0.1) is 0 Å². The monoisotopic (exact) mass is 312 g/mol. The van der Waals surface area contributed by atoms with Crippen LogP contribution in [-0.4, -0.2) is 57.8 Å². The summed E-state index contributed by atoms with van der Waals surface area (Å²) in [5.41, 5.74) is -0.986. The van der Waals surface area contributed by atoms with Gasteiger partial charge >= 0.3 is 12.2 Å². The average molecular weight is 312 g/mol. The van der Waals surface area contributed by atoms with Gasteiger partial charge in [-0.05, 0) is 24.3 Å². The van der Waals surface area contributed by atoms with Crippen molar-refractivity contribution < 1.29 is 27.9 Å². The highest BCUT2D eigenvalue weighted by Gasteiger charge is 2.52. The Kier molecular flexibility index (Phi) is 4.19. The molecule has 2 N–H and O–H groups in total. The normalized spacial score (nSPS) is 24.1. The molecular weight excluding hydrogens is 297 g/mol.